The van der Waals surface area contributed by atoms with Crippen LogP contribution in [0.4, 0.5) is 0 Å². The Bertz CT molecular complexity index is 2150. The summed E-state index contributed by atoms with van der Waals surface area (Å²) in [5.41, 5.74) is 7.08. The fourth-order valence-corrected chi connectivity index (χ4v) is 5.74. The summed E-state index contributed by atoms with van der Waals surface area (Å²) in [5, 5.41) is 12.1. The van der Waals surface area contributed by atoms with Gasteiger partial charge in [0.2, 0.25) is 5.89 Å². The summed E-state index contributed by atoms with van der Waals surface area (Å²) in [4.78, 5) is 0. The predicted molar refractivity (Wildman–Crippen MR) is 165 cm³/mol. The molecule has 8 rings (SSSR count). The number of ether oxygens (including phenoxy) is 1. The number of hydrogen-bond acceptors (Lipinski definition) is 4. The molecule has 0 spiro atoms. The van der Waals surface area contributed by atoms with Gasteiger partial charge in [-0.2, -0.15) is 0 Å². The van der Waals surface area contributed by atoms with Crippen molar-refractivity contribution >= 4 is 39.9 Å². The lowest BCUT2D eigenvalue weighted by Gasteiger charge is -2.21. The van der Waals surface area contributed by atoms with E-state index >= 15 is 0 Å². The van der Waals surface area contributed by atoms with Gasteiger partial charge in [0.05, 0.1) is 11.2 Å². The zero-order chi connectivity index (χ0) is 27.3. The van der Waals surface area contributed by atoms with Crippen molar-refractivity contribution in [1.29, 1.82) is 0 Å². The quantitative estimate of drug-likeness (QED) is 0.223. The van der Waals surface area contributed by atoms with E-state index in [0.29, 0.717) is 11.9 Å². The summed E-state index contributed by atoms with van der Waals surface area (Å²) in [6.07, 6.45) is 6.10. The molecule has 0 bridgehead atoms. The smallest absolute Gasteiger partial charge is 0.327 e. The van der Waals surface area contributed by atoms with Crippen molar-refractivity contribution in [2.75, 3.05) is 0 Å². The molecule has 0 radical (unpaired) electrons. The maximum absolute atomic E-state index is 6.28. The summed E-state index contributed by atoms with van der Waals surface area (Å²) in [7, 11) is 0. The normalized spacial score (nSPS) is 12.1. The van der Waals surface area contributed by atoms with E-state index in [9.17, 15) is 0 Å². The predicted octanol–water partition coefficient (Wildman–Crippen LogP) is 9.42. The van der Waals surface area contributed by atoms with E-state index in [1.54, 1.807) is 0 Å². The first-order valence-corrected chi connectivity index (χ1v) is 13.5. The van der Waals surface area contributed by atoms with Crippen molar-refractivity contribution in [3.8, 4) is 40.1 Å². The van der Waals surface area contributed by atoms with Gasteiger partial charge in [0, 0.05) is 27.5 Å². The monoisotopic (exact) mass is 529 g/mol. The molecule has 1 aliphatic heterocycles. The van der Waals surface area contributed by atoms with Crippen LogP contribution < -0.4 is 4.74 Å². The van der Waals surface area contributed by atoms with Gasteiger partial charge in [-0.05, 0) is 59.0 Å². The van der Waals surface area contributed by atoms with Crippen molar-refractivity contribution in [2.24, 2.45) is 0 Å². The van der Waals surface area contributed by atoms with Gasteiger partial charge in [0.1, 0.15) is 11.5 Å². The maximum Gasteiger partial charge on any atom is 0.327 e. The third kappa shape index (κ3) is 3.71. The van der Waals surface area contributed by atoms with Crippen LogP contribution in [0.25, 0.3) is 68.5 Å². The number of benzene rings is 5. The first kappa shape index (κ1) is 23.2. The van der Waals surface area contributed by atoms with Crippen molar-refractivity contribution < 1.29 is 9.15 Å². The third-order valence-corrected chi connectivity index (χ3v) is 7.59. The van der Waals surface area contributed by atoms with Gasteiger partial charge < -0.3 is 9.15 Å². The van der Waals surface area contributed by atoms with Crippen LogP contribution in [0.2, 0.25) is 0 Å². The molecule has 5 aromatic carbocycles. The highest BCUT2D eigenvalue weighted by atomic mass is 16.5. The molecule has 0 fully saturated rings. The van der Waals surface area contributed by atoms with E-state index in [1.165, 1.54) is 10.9 Å². The highest BCUT2D eigenvalue weighted by molar-refractivity contribution is 6.04. The number of aromatic nitrogens is 3. The summed E-state index contributed by atoms with van der Waals surface area (Å²) >= 11 is 0. The van der Waals surface area contributed by atoms with E-state index in [2.05, 4.69) is 77.5 Å². The van der Waals surface area contributed by atoms with Gasteiger partial charge in [-0.15, -0.1) is 5.10 Å². The molecule has 0 saturated carbocycles. The lowest BCUT2D eigenvalue weighted by molar-refractivity contribution is 0.487. The molecule has 1 aliphatic rings. The van der Waals surface area contributed by atoms with Crippen molar-refractivity contribution in [3.63, 3.8) is 0 Å². The molecule has 0 unspecified atom stereocenters. The second kappa shape index (κ2) is 9.21. The molecule has 0 saturated heterocycles. The van der Waals surface area contributed by atoms with E-state index in [-0.39, 0.29) is 0 Å². The average Bonchev–Trinajstić information content (AvgIpc) is 3.63. The summed E-state index contributed by atoms with van der Waals surface area (Å²) < 4.78 is 14.4. The minimum absolute atomic E-state index is 0.396. The molecule has 7 aromatic rings. The molecule has 0 N–H and O–H groups in total. The topological polar surface area (TPSA) is 53.1 Å². The second-order valence-electron chi connectivity index (χ2n) is 9.96. The van der Waals surface area contributed by atoms with E-state index in [1.807, 2.05) is 71.3 Å². The Kier molecular flexibility index (Phi) is 5.22. The highest BCUT2D eigenvalue weighted by Gasteiger charge is 2.21. The van der Waals surface area contributed by atoms with Crippen LogP contribution in [0, 0.1) is 0 Å². The average molecular weight is 530 g/mol. The molecule has 0 aliphatic carbocycles. The van der Waals surface area contributed by atoms with E-state index in [4.69, 9.17) is 9.15 Å². The Morgan fingerprint density at radius 1 is 0.707 bits per heavy atom. The molecule has 194 valence electrons. The van der Waals surface area contributed by atoms with Gasteiger partial charge in [0.25, 0.3) is 0 Å². The standard InChI is InChI=1S/C36H23N3O2/c1-2-30-27(26-14-6-7-16-31(26)39(30)36-38-37-35(41-36)25-10-4-3-5-11-25)20-18-23-19-21-32-29(22-23)28-15-8-12-24-13-9-17-33(40-32)34(24)28/h2-22H,1H2/b20-18+. The first-order chi connectivity index (χ1) is 20.3. The maximum atomic E-state index is 6.28. The molecule has 3 heterocycles. The first-order valence-electron chi connectivity index (χ1n) is 13.5. The van der Waals surface area contributed by atoms with E-state index in [0.717, 1.165) is 55.7 Å². The van der Waals surface area contributed by atoms with Crippen molar-refractivity contribution in [2.45, 2.75) is 0 Å². The molecule has 5 nitrogen and oxygen atoms in total. The van der Waals surface area contributed by atoms with Gasteiger partial charge in [0.15, 0.2) is 0 Å². The van der Waals surface area contributed by atoms with Gasteiger partial charge in [-0.25, -0.2) is 0 Å². The number of fused-ring (bicyclic) bond motifs is 3. The van der Waals surface area contributed by atoms with Gasteiger partial charge in [-0.1, -0.05) is 96.6 Å². The van der Waals surface area contributed by atoms with Crippen LogP contribution in [0.15, 0.2) is 120 Å². The summed E-state index contributed by atoms with van der Waals surface area (Å²) in [6, 6.07) is 37.3. The molecule has 5 heteroatoms. The van der Waals surface area contributed by atoms with Crippen LogP contribution in [-0.2, 0) is 0 Å². The van der Waals surface area contributed by atoms with Crippen molar-refractivity contribution in [1.82, 2.24) is 14.8 Å². The Morgan fingerprint density at radius 3 is 2.41 bits per heavy atom. The van der Waals surface area contributed by atoms with Crippen LogP contribution in [-0.4, -0.2) is 14.8 Å². The molecular weight excluding hydrogens is 506 g/mol. The number of nitrogens with zero attached hydrogens (tertiary/aromatic N) is 3. The number of para-hydroxylation sites is 1. The largest absolute Gasteiger partial charge is 0.456 e. The molecule has 0 amide bonds. The Hall–Kier alpha value is -5.68. The van der Waals surface area contributed by atoms with Crippen LogP contribution in [0.1, 0.15) is 16.8 Å². The Balaban J connectivity index is 1.23. The second-order valence-corrected chi connectivity index (χ2v) is 9.96. The summed E-state index contributed by atoms with van der Waals surface area (Å²) in [5.74, 6) is 2.23. The molecule has 0 atom stereocenters. The van der Waals surface area contributed by atoms with E-state index < -0.39 is 0 Å². The van der Waals surface area contributed by atoms with Gasteiger partial charge >= 0.3 is 6.01 Å². The highest BCUT2D eigenvalue weighted by Crippen LogP contribution is 2.46. The Morgan fingerprint density at radius 2 is 1.54 bits per heavy atom. The van der Waals surface area contributed by atoms with Crippen LogP contribution in [0.3, 0.4) is 0 Å². The van der Waals surface area contributed by atoms with Gasteiger partial charge in [-0.3, -0.25) is 4.57 Å². The minimum atomic E-state index is 0.396. The fourth-order valence-electron chi connectivity index (χ4n) is 5.74. The number of rotatable bonds is 5. The molecule has 41 heavy (non-hydrogen) atoms. The molecule has 2 aromatic heterocycles. The fraction of sp³-hybridized carbons (Fsp3) is 0. The third-order valence-electron chi connectivity index (χ3n) is 7.59. The lowest BCUT2D eigenvalue weighted by Crippen LogP contribution is -1.97. The van der Waals surface area contributed by atoms with Crippen LogP contribution >= 0.6 is 0 Å². The minimum Gasteiger partial charge on any atom is -0.456 e. The zero-order valence-electron chi connectivity index (χ0n) is 22.0. The molecular formula is C36H23N3O2. The zero-order valence-corrected chi connectivity index (χ0v) is 22.0. The Labute approximate surface area is 236 Å². The van der Waals surface area contributed by atoms with Crippen LogP contribution in [0.5, 0.6) is 11.5 Å². The van der Waals surface area contributed by atoms with Crippen molar-refractivity contribution in [3.05, 3.63) is 133 Å². The SMILES string of the molecule is C=Cc1c(/C=C/c2ccc3c(c2)-c2cccc4cccc(c24)O3)c2ccccc2n1-c1nnc(-c2ccccc2)o1. The summed E-state index contributed by atoms with van der Waals surface area (Å²) in [6.45, 7) is 4.13. The lowest BCUT2D eigenvalue weighted by atomic mass is 9.93. The number of hydrogen-bond donors (Lipinski definition) is 0.